The molecule has 24 heavy (non-hydrogen) atoms. The van der Waals surface area contributed by atoms with Gasteiger partial charge in [0.25, 0.3) is 0 Å². The zero-order valence-corrected chi connectivity index (χ0v) is 14.1. The van der Waals surface area contributed by atoms with Crippen molar-refractivity contribution in [2.45, 2.75) is 26.8 Å². The summed E-state index contributed by atoms with van der Waals surface area (Å²) in [6.07, 6.45) is 0. The van der Waals surface area contributed by atoms with Crippen LogP contribution in [0.3, 0.4) is 0 Å². The van der Waals surface area contributed by atoms with Crippen LogP contribution in [-0.4, -0.2) is 42.9 Å². The van der Waals surface area contributed by atoms with Crippen molar-refractivity contribution in [1.82, 2.24) is 10.2 Å². The van der Waals surface area contributed by atoms with E-state index in [0.29, 0.717) is 0 Å². The Morgan fingerprint density at radius 3 is 2.21 bits per heavy atom. The first kappa shape index (κ1) is 20.0. The first-order valence-electron chi connectivity index (χ1n) is 7.53. The van der Waals surface area contributed by atoms with Gasteiger partial charge in [0, 0.05) is 6.04 Å². The molecule has 1 rings (SSSR count). The third kappa shape index (κ3) is 5.84. The zero-order valence-electron chi connectivity index (χ0n) is 14.1. The monoisotopic (exact) mass is 345 g/mol. The number of nitrogens with zero attached hydrogens (tertiary/aromatic N) is 1. The van der Waals surface area contributed by atoms with E-state index in [1.165, 1.54) is 4.90 Å². The normalized spacial score (nSPS) is 12.4. The summed E-state index contributed by atoms with van der Waals surface area (Å²) in [7, 11) is 1.54. The van der Waals surface area contributed by atoms with Gasteiger partial charge >= 0.3 is 0 Å². The Balaban J connectivity index is 2.53. The van der Waals surface area contributed by atoms with E-state index in [-0.39, 0.29) is 31.0 Å². The van der Waals surface area contributed by atoms with Gasteiger partial charge in [0.05, 0.1) is 18.8 Å². The molecule has 0 fully saturated rings. The van der Waals surface area contributed by atoms with Gasteiger partial charge in [-0.2, -0.15) is 0 Å². The summed E-state index contributed by atoms with van der Waals surface area (Å²) in [5.74, 6) is -5.06. The van der Waals surface area contributed by atoms with Crippen LogP contribution in [0, 0.1) is 23.4 Å². The van der Waals surface area contributed by atoms with Crippen LogP contribution in [0.1, 0.15) is 20.8 Å². The van der Waals surface area contributed by atoms with Gasteiger partial charge in [-0.15, -0.1) is 0 Å². The number of nitrogens with one attached hydrogen (secondary N) is 2. The van der Waals surface area contributed by atoms with Crippen LogP contribution in [0.25, 0.3) is 0 Å². The number of rotatable bonds is 7. The van der Waals surface area contributed by atoms with Crippen molar-refractivity contribution < 1.29 is 22.8 Å². The highest BCUT2D eigenvalue weighted by Gasteiger charge is 2.17. The fraction of sp³-hybridized carbons (Fsp3) is 0.500. The minimum absolute atomic E-state index is 0.00369. The van der Waals surface area contributed by atoms with Gasteiger partial charge in [0.2, 0.25) is 11.8 Å². The highest BCUT2D eigenvalue weighted by atomic mass is 19.2. The van der Waals surface area contributed by atoms with Crippen molar-refractivity contribution in [1.29, 1.82) is 0 Å². The number of likely N-dealkylation sites (N-methyl/N-ethyl adjacent to an activating group) is 1. The Morgan fingerprint density at radius 2 is 1.62 bits per heavy atom. The number of anilines is 1. The molecule has 5 nitrogen and oxygen atoms in total. The number of amides is 2. The van der Waals surface area contributed by atoms with Crippen LogP contribution in [-0.2, 0) is 9.59 Å². The standard InChI is InChI=1S/C16H22F3N3O2/c1-9(2)10(3)20-13(23)7-22(4)8-14(24)21-12-6-5-11(17)15(18)16(12)19/h5-6,9-10H,7-8H2,1-4H3,(H,20,23)(H,21,24)/t10-/m0/s1. The lowest BCUT2D eigenvalue weighted by Gasteiger charge is -2.20. The van der Waals surface area contributed by atoms with E-state index in [1.54, 1.807) is 7.05 Å². The smallest absolute Gasteiger partial charge is 0.238 e. The summed E-state index contributed by atoms with van der Waals surface area (Å²) in [6, 6.07) is 1.65. The summed E-state index contributed by atoms with van der Waals surface area (Å²) in [6.45, 7) is 5.59. The summed E-state index contributed by atoms with van der Waals surface area (Å²) >= 11 is 0. The summed E-state index contributed by atoms with van der Waals surface area (Å²) in [4.78, 5) is 25.1. The average molecular weight is 345 g/mol. The highest BCUT2D eigenvalue weighted by Crippen LogP contribution is 2.19. The van der Waals surface area contributed by atoms with E-state index in [1.807, 2.05) is 20.8 Å². The molecule has 0 radical (unpaired) electrons. The first-order chi connectivity index (χ1) is 11.1. The van der Waals surface area contributed by atoms with E-state index in [0.717, 1.165) is 12.1 Å². The molecule has 0 spiro atoms. The molecule has 2 N–H and O–H groups in total. The molecule has 0 bridgehead atoms. The van der Waals surface area contributed by atoms with E-state index >= 15 is 0 Å². The van der Waals surface area contributed by atoms with Crippen molar-refractivity contribution in [3.8, 4) is 0 Å². The van der Waals surface area contributed by atoms with Crippen molar-refractivity contribution in [2.24, 2.45) is 5.92 Å². The lowest BCUT2D eigenvalue weighted by Crippen LogP contribution is -2.43. The van der Waals surface area contributed by atoms with Gasteiger partial charge in [0.1, 0.15) is 0 Å². The molecule has 0 aliphatic rings. The van der Waals surface area contributed by atoms with Gasteiger partial charge in [-0.3, -0.25) is 14.5 Å². The number of benzene rings is 1. The minimum Gasteiger partial charge on any atom is -0.352 e. The maximum Gasteiger partial charge on any atom is 0.238 e. The third-order valence-corrected chi connectivity index (χ3v) is 3.52. The number of hydrogen-bond donors (Lipinski definition) is 2. The average Bonchev–Trinajstić information content (AvgIpc) is 2.47. The topological polar surface area (TPSA) is 61.4 Å². The molecule has 0 aliphatic heterocycles. The molecule has 0 heterocycles. The molecule has 0 unspecified atom stereocenters. The predicted molar refractivity (Wildman–Crippen MR) is 84.9 cm³/mol. The molecule has 2 amide bonds. The van der Waals surface area contributed by atoms with Crippen LogP contribution in [0.5, 0.6) is 0 Å². The van der Waals surface area contributed by atoms with Gasteiger partial charge in [0.15, 0.2) is 17.5 Å². The van der Waals surface area contributed by atoms with Crippen LogP contribution in [0.2, 0.25) is 0 Å². The Labute approximate surface area is 139 Å². The van der Waals surface area contributed by atoms with Gasteiger partial charge in [-0.05, 0) is 32.0 Å². The maximum absolute atomic E-state index is 13.5. The van der Waals surface area contributed by atoms with Gasteiger partial charge in [-0.1, -0.05) is 13.8 Å². The Kier molecular flexibility index (Phi) is 7.21. The molecule has 1 aromatic rings. The summed E-state index contributed by atoms with van der Waals surface area (Å²) in [5.41, 5.74) is -0.454. The largest absolute Gasteiger partial charge is 0.352 e. The highest BCUT2D eigenvalue weighted by molar-refractivity contribution is 5.92. The first-order valence-corrected chi connectivity index (χ1v) is 7.53. The lowest BCUT2D eigenvalue weighted by atomic mass is 10.1. The van der Waals surface area contributed by atoms with Crippen molar-refractivity contribution >= 4 is 17.5 Å². The van der Waals surface area contributed by atoms with E-state index in [9.17, 15) is 22.8 Å². The van der Waals surface area contributed by atoms with E-state index in [4.69, 9.17) is 0 Å². The second-order valence-electron chi connectivity index (χ2n) is 6.04. The van der Waals surface area contributed by atoms with Crippen molar-refractivity contribution in [2.75, 3.05) is 25.5 Å². The van der Waals surface area contributed by atoms with Crippen LogP contribution < -0.4 is 10.6 Å². The third-order valence-electron chi connectivity index (χ3n) is 3.52. The molecule has 1 atom stereocenters. The van der Waals surface area contributed by atoms with Crippen LogP contribution in [0.4, 0.5) is 18.9 Å². The van der Waals surface area contributed by atoms with Crippen molar-refractivity contribution in [3.63, 3.8) is 0 Å². The second-order valence-corrected chi connectivity index (χ2v) is 6.04. The molecule has 134 valence electrons. The summed E-state index contributed by atoms with van der Waals surface area (Å²) in [5, 5.41) is 4.94. The Bertz CT molecular complexity index is 608. The fourth-order valence-corrected chi connectivity index (χ4v) is 1.82. The molecule has 0 saturated carbocycles. The maximum atomic E-state index is 13.5. The number of carbonyl (C=O) groups is 2. The summed E-state index contributed by atoms with van der Waals surface area (Å²) < 4.78 is 39.4. The molecule has 1 aromatic carbocycles. The predicted octanol–water partition coefficient (Wildman–Crippen LogP) is 2.13. The number of halogens is 3. The van der Waals surface area contributed by atoms with E-state index in [2.05, 4.69) is 10.6 Å². The van der Waals surface area contributed by atoms with E-state index < -0.39 is 29.0 Å². The molecular weight excluding hydrogens is 323 g/mol. The lowest BCUT2D eigenvalue weighted by molar-refractivity contribution is -0.123. The number of carbonyl (C=O) groups excluding carboxylic acids is 2. The fourth-order valence-electron chi connectivity index (χ4n) is 1.82. The van der Waals surface area contributed by atoms with Crippen molar-refractivity contribution in [3.05, 3.63) is 29.6 Å². The molecular formula is C16H22F3N3O2. The van der Waals surface area contributed by atoms with Crippen LogP contribution >= 0.6 is 0 Å². The molecule has 8 heteroatoms. The second kappa shape index (κ2) is 8.68. The minimum atomic E-state index is -1.65. The Hall–Kier alpha value is -2.09. The van der Waals surface area contributed by atoms with Gasteiger partial charge < -0.3 is 10.6 Å². The quantitative estimate of drug-likeness (QED) is 0.745. The van der Waals surface area contributed by atoms with Gasteiger partial charge in [-0.25, -0.2) is 13.2 Å². The SMILES string of the molecule is CC(C)[C@H](C)NC(=O)CN(C)CC(=O)Nc1ccc(F)c(F)c1F. The number of hydrogen-bond acceptors (Lipinski definition) is 3. The molecule has 0 aromatic heterocycles. The Morgan fingerprint density at radius 1 is 1.04 bits per heavy atom. The molecule has 0 saturated heterocycles. The molecule has 0 aliphatic carbocycles. The zero-order chi connectivity index (χ0) is 18.4. The van der Waals surface area contributed by atoms with Crippen LogP contribution in [0.15, 0.2) is 12.1 Å².